The average molecular weight is 434 g/mol. The molecular formula is C20H26F4N2O4. The maximum absolute atomic E-state index is 13.6. The number of carbonyl (C=O) groups is 2. The molecule has 2 saturated heterocycles. The fourth-order valence-electron chi connectivity index (χ4n) is 3.57. The standard InChI is InChI=1S/C18H25FN2O2.C2HF3O2/c1-20(2)10-14-7-8-18(23-11-14)12-21(13-18)17(22)9-15-5-3-4-6-16(15)19;3-2(4,5)1(6)7/h3-6,14H,7-13H2,1-2H3;(H,6,7). The molecule has 2 heterocycles. The zero-order chi connectivity index (χ0) is 22.5. The molecule has 10 heteroatoms. The number of amides is 1. The first kappa shape index (κ1) is 24.1. The van der Waals surface area contributed by atoms with E-state index in [-0.39, 0.29) is 23.7 Å². The topological polar surface area (TPSA) is 70.1 Å². The van der Waals surface area contributed by atoms with Crippen LogP contribution < -0.4 is 0 Å². The Hall–Kier alpha value is -2.20. The third kappa shape index (κ3) is 6.66. The number of likely N-dealkylation sites (tertiary alicyclic amines) is 1. The molecule has 2 aliphatic rings. The minimum absolute atomic E-state index is 0.0141. The van der Waals surface area contributed by atoms with Gasteiger partial charge < -0.3 is 19.6 Å². The fraction of sp³-hybridized carbons (Fsp3) is 0.600. The molecule has 0 saturated carbocycles. The van der Waals surface area contributed by atoms with Crippen LogP contribution in [0.4, 0.5) is 17.6 Å². The zero-order valence-electron chi connectivity index (χ0n) is 16.9. The number of hydrogen-bond donors (Lipinski definition) is 1. The van der Waals surface area contributed by atoms with E-state index >= 15 is 0 Å². The first-order valence-electron chi connectivity index (χ1n) is 9.52. The van der Waals surface area contributed by atoms with E-state index in [9.17, 15) is 22.4 Å². The predicted molar refractivity (Wildman–Crippen MR) is 100 cm³/mol. The van der Waals surface area contributed by atoms with Crippen molar-refractivity contribution in [2.45, 2.75) is 31.0 Å². The Morgan fingerprint density at radius 1 is 1.27 bits per heavy atom. The Morgan fingerprint density at radius 2 is 1.87 bits per heavy atom. The SMILES string of the molecule is CN(C)CC1CCC2(CN(C(=O)Cc3ccccc3F)C2)OC1.O=C(O)C(F)(F)F. The van der Waals surface area contributed by atoms with Gasteiger partial charge in [0, 0.05) is 6.54 Å². The smallest absolute Gasteiger partial charge is 0.475 e. The predicted octanol–water partition coefficient (Wildman–Crippen LogP) is 2.57. The zero-order valence-corrected chi connectivity index (χ0v) is 16.9. The van der Waals surface area contributed by atoms with Gasteiger partial charge >= 0.3 is 12.1 Å². The van der Waals surface area contributed by atoms with Crippen molar-refractivity contribution in [1.82, 2.24) is 9.80 Å². The van der Waals surface area contributed by atoms with Crippen LogP contribution in [0, 0.1) is 11.7 Å². The molecule has 1 aromatic carbocycles. The molecule has 1 atom stereocenters. The van der Waals surface area contributed by atoms with Crippen LogP contribution in [0.15, 0.2) is 24.3 Å². The average Bonchev–Trinajstić information content (AvgIpc) is 2.61. The molecule has 1 amide bonds. The van der Waals surface area contributed by atoms with Crippen LogP contribution >= 0.6 is 0 Å². The molecule has 30 heavy (non-hydrogen) atoms. The quantitative estimate of drug-likeness (QED) is 0.738. The van der Waals surface area contributed by atoms with Crippen molar-refractivity contribution in [1.29, 1.82) is 0 Å². The van der Waals surface area contributed by atoms with Crippen LogP contribution in [0.25, 0.3) is 0 Å². The Kier molecular flexibility index (Phi) is 7.81. The lowest BCUT2D eigenvalue weighted by molar-refractivity contribution is -0.192. The molecule has 168 valence electrons. The maximum atomic E-state index is 13.6. The molecule has 0 bridgehead atoms. The Balaban J connectivity index is 0.000000396. The Bertz CT molecular complexity index is 739. The summed E-state index contributed by atoms with van der Waals surface area (Å²) in [4.78, 5) is 25.2. The van der Waals surface area contributed by atoms with Crippen molar-refractivity contribution < 1.29 is 37.0 Å². The van der Waals surface area contributed by atoms with E-state index in [2.05, 4.69) is 19.0 Å². The molecule has 2 aliphatic heterocycles. The van der Waals surface area contributed by atoms with Crippen molar-refractivity contribution in [3.63, 3.8) is 0 Å². The number of aliphatic carboxylic acids is 1. The minimum Gasteiger partial charge on any atom is -0.475 e. The number of carboxylic acid groups (broad SMARTS) is 1. The molecule has 6 nitrogen and oxygen atoms in total. The van der Waals surface area contributed by atoms with Crippen molar-refractivity contribution in [3.05, 3.63) is 35.6 Å². The van der Waals surface area contributed by atoms with Crippen LogP contribution in [0.3, 0.4) is 0 Å². The van der Waals surface area contributed by atoms with E-state index in [4.69, 9.17) is 14.6 Å². The first-order valence-corrected chi connectivity index (χ1v) is 9.52. The second-order valence-corrected chi connectivity index (χ2v) is 7.98. The highest BCUT2D eigenvalue weighted by molar-refractivity contribution is 5.80. The summed E-state index contributed by atoms with van der Waals surface area (Å²) in [6, 6.07) is 6.47. The van der Waals surface area contributed by atoms with Gasteiger partial charge in [-0.2, -0.15) is 13.2 Å². The summed E-state index contributed by atoms with van der Waals surface area (Å²) < 4.78 is 51.4. The van der Waals surface area contributed by atoms with Crippen molar-refractivity contribution in [2.24, 2.45) is 5.92 Å². The van der Waals surface area contributed by atoms with Gasteiger partial charge in [-0.3, -0.25) is 4.79 Å². The highest BCUT2D eigenvalue weighted by Gasteiger charge is 2.48. The molecule has 1 spiro atoms. The summed E-state index contributed by atoms with van der Waals surface area (Å²) in [5.41, 5.74) is 0.322. The lowest BCUT2D eigenvalue weighted by Crippen LogP contribution is -2.66. The van der Waals surface area contributed by atoms with Gasteiger partial charge in [-0.25, -0.2) is 9.18 Å². The largest absolute Gasteiger partial charge is 0.490 e. The molecule has 1 unspecified atom stereocenters. The third-order valence-electron chi connectivity index (χ3n) is 5.11. The van der Waals surface area contributed by atoms with E-state index in [0.717, 1.165) is 26.0 Å². The summed E-state index contributed by atoms with van der Waals surface area (Å²) in [7, 11) is 4.16. The van der Waals surface area contributed by atoms with Crippen molar-refractivity contribution in [3.8, 4) is 0 Å². The number of alkyl halides is 3. The van der Waals surface area contributed by atoms with Gasteiger partial charge in [-0.15, -0.1) is 0 Å². The number of nitrogens with zero attached hydrogens (tertiary/aromatic N) is 2. The molecule has 1 aromatic rings. The van der Waals surface area contributed by atoms with E-state index in [1.165, 1.54) is 6.07 Å². The molecule has 0 radical (unpaired) electrons. The van der Waals surface area contributed by atoms with Crippen LogP contribution in [0.2, 0.25) is 0 Å². The second-order valence-electron chi connectivity index (χ2n) is 7.98. The lowest BCUT2D eigenvalue weighted by atomic mass is 9.82. The van der Waals surface area contributed by atoms with Crippen LogP contribution in [-0.2, 0) is 20.7 Å². The molecule has 0 aromatic heterocycles. The van der Waals surface area contributed by atoms with Gasteiger partial charge in [0.2, 0.25) is 5.91 Å². The summed E-state index contributed by atoms with van der Waals surface area (Å²) in [5.74, 6) is -2.50. The normalized spacial score (nSPS) is 20.4. The molecule has 3 rings (SSSR count). The summed E-state index contributed by atoms with van der Waals surface area (Å²) in [5, 5.41) is 7.12. The molecule has 1 N–H and O–H groups in total. The Morgan fingerprint density at radius 3 is 2.33 bits per heavy atom. The van der Waals surface area contributed by atoms with Gasteiger partial charge in [0.05, 0.1) is 26.1 Å². The number of carbonyl (C=O) groups excluding carboxylic acids is 1. The monoisotopic (exact) mass is 434 g/mol. The lowest BCUT2D eigenvalue weighted by Gasteiger charge is -2.53. The fourth-order valence-corrected chi connectivity index (χ4v) is 3.57. The van der Waals surface area contributed by atoms with Gasteiger partial charge in [0.1, 0.15) is 11.4 Å². The molecule has 2 fully saturated rings. The summed E-state index contributed by atoms with van der Waals surface area (Å²) in [6.07, 6.45) is -2.80. The number of rotatable bonds is 4. The third-order valence-corrected chi connectivity index (χ3v) is 5.11. The summed E-state index contributed by atoms with van der Waals surface area (Å²) >= 11 is 0. The van der Waals surface area contributed by atoms with Crippen molar-refractivity contribution in [2.75, 3.05) is 40.3 Å². The van der Waals surface area contributed by atoms with Crippen LogP contribution in [0.1, 0.15) is 18.4 Å². The second kappa shape index (κ2) is 9.74. The number of benzene rings is 1. The van der Waals surface area contributed by atoms with Gasteiger partial charge in [-0.05, 0) is 44.5 Å². The van der Waals surface area contributed by atoms with E-state index in [1.54, 1.807) is 23.1 Å². The van der Waals surface area contributed by atoms with Crippen LogP contribution in [0.5, 0.6) is 0 Å². The van der Waals surface area contributed by atoms with E-state index < -0.39 is 12.1 Å². The first-order chi connectivity index (χ1) is 13.9. The minimum atomic E-state index is -5.08. The highest BCUT2D eigenvalue weighted by Crippen LogP contribution is 2.36. The van der Waals surface area contributed by atoms with Crippen LogP contribution in [-0.4, -0.2) is 78.9 Å². The number of hydrogen-bond acceptors (Lipinski definition) is 4. The number of ether oxygens (including phenoxy) is 1. The number of halogens is 4. The maximum Gasteiger partial charge on any atom is 0.490 e. The molecule has 0 aliphatic carbocycles. The Labute approximate surface area is 172 Å². The van der Waals surface area contributed by atoms with E-state index in [1.807, 2.05) is 0 Å². The van der Waals surface area contributed by atoms with Gasteiger partial charge in [-0.1, -0.05) is 18.2 Å². The van der Waals surface area contributed by atoms with E-state index in [0.29, 0.717) is 24.6 Å². The van der Waals surface area contributed by atoms with Gasteiger partial charge in [0.15, 0.2) is 0 Å². The molecular weight excluding hydrogens is 408 g/mol. The van der Waals surface area contributed by atoms with Gasteiger partial charge in [0.25, 0.3) is 0 Å². The highest BCUT2D eigenvalue weighted by atomic mass is 19.4. The number of carboxylic acids is 1. The van der Waals surface area contributed by atoms with Crippen molar-refractivity contribution >= 4 is 11.9 Å². The summed E-state index contributed by atoms with van der Waals surface area (Å²) in [6.45, 7) is 3.11.